The lowest BCUT2D eigenvalue weighted by Gasteiger charge is -2.00. The largest absolute Gasteiger partial charge is 0.507 e. The van der Waals surface area contributed by atoms with Crippen molar-refractivity contribution in [1.82, 2.24) is 15.7 Å². The van der Waals surface area contributed by atoms with Crippen molar-refractivity contribution < 1.29 is 19.5 Å². The number of amides is 1. The first-order chi connectivity index (χ1) is 9.08. The Balaban J connectivity index is 2.18. The van der Waals surface area contributed by atoms with Crippen molar-refractivity contribution in [3.8, 4) is 17.0 Å². The van der Waals surface area contributed by atoms with Gasteiger partial charge in [0.2, 0.25) is 0 Å². The number of hydrogen-bond acceptors (Lipinski definition) is 5. The molecule has 0 saturated carbocycles. The maximum absolute atomic E-state index is 11.6. The molecular formula is C12H11N3O4. The van der Waals surface area contributed by atoms with Crippen LogP contribution >= 0.6 is 0 Å². The third-order valence-corrected chi connectivity index (χ3v) is 2.29. The standard InChI is InChI=1S/C12H11N3O4/c1-7(16)19-15-12(18)10-6-9(13-14-10)8-4-2-3-5-11(8)17/h2-6,17H,1H3,(H,13,14)(H,15,18). The number of H-pyrrole nitrogens is 1. The number of hydroxylamine groups is 1. The van der Waals surface area contributed by atoms with E-state index in [1.54, 1.807) is 18.2 Å². The molecule has 98 valence electrons. The van der Waals surface area contributed by atoms with Gasteiger partial charge in [-0.15, -0.1) is 0 Å². The predicted octanol–water partition coefficient (Wildman–Crippen LogP) is 0.990. The fourth-order valence-corrected chi connectivity index (χ4v) is 1.44. The highest BCUT2D eigenvalue weighted by Crippen LogP contribution is 2.27. The van der Waals surface area contributed by atoms with E-state index in [1.165, 1.54) is 19.1 Å². The minimum atomic E-state index is -0.635. The van der Waals surface area contributed by atoms with Gasteiger partial charge in [0.15, 0.2) is 0 Å². The molecule has 0 atom stereocenters. The van der Waals surface area contributed by atoms with Gasteiger partial charge in [0.05, 0.1) is 5.69 Å². The zero-order valence-electron chi connectivity index (χ0n) is 10.0. The van der Waals surface area contributed by atoms with Crippen molar-refractivity contribution in [2.24, 2.45) is 0 Å². The topological polar surface area (TPSA) is 104 Å². The highest BCUT2D eigenvalue weighted by Gasteiger charge is 2.13. The Kier molecular flexibility index (Phi) is 3.46. The molecule has 0 aliphatic rings. The Morgan fingerprint density at radius 3 is 2.79 bits per heavy atom. The van der Waals surface area contributed by atoms with Crippen molar-refractivity contribution in [3.63, 3.8) is 0 Å². The number of aromatic amines is 1. The van der Waals surface area contributed by atoms with Gasteiger partial charge in [-0.2, -0.15) is 10.6 Å². The SMILES string of the molecule is CC(=O)ONC(=O)c1cc(-c2ccccc2O)n[nH]1. The van der Waals surface area contributed by atoms with E-state index in [2.05, 4.69) is 15.0 Å². The smallest absolute Gasteiger partial charge is 0.329 e. The second-order valence-corrected chi connectivity index (χ2v) is 3.71. The van der Waals surface area contributed by atoms with E-state index >= 15 is 0 Å². The first-order valence-electron chi connectivity index (χ1n) is 5.39. The van der Waals surface area contributed by atoms with Gasteiger partial charge in [-0.05, 0) is 18.2 Å². The Morgan fingerprint density at radius 2 is 2.11 bits per heavy atom. The lowest BCUT2D eigenvalue weighted by Crippen LogP contribution is -2.26. The maximum atomic E-state index is 11.6. The van der Waals surface area contributed by atoms with Crippen molar-refractivity contribution in [2.75, 3.05) is 0 Å². The molecule has 0 aliphatic heterocycles. The van der Waals surface area contributed by atoms with E-state index in [0.29, 0.717) is 11.3 Å². The summed E-state index contributed by atoms with van der Waals surface area (Å²) in [5, 5.41) is 16.1. The average Bonchev–Trinajstić information content (AvgIpc) is 2.86. The fourth-order valence-electron chi connectivity index (χ4n) is 1.44. The molecule has 0 bridgehead atoms. The Morgan fingerprint density at radius 1 is 1.37 bits per heavy atom. The maximum Gasteiger partial charge on any atom is 0.329 e. The summed E-state index contributed by atoms with van der Waals surface area (Å²) >= 11 is 0. The number of rotatable bonds is 2. The van der Waals surface area contributed by atoms with E-state index in [4.69, 9.17) is 0 Å². The van der Waals surface area contributed by atoms with Crippen LogP contribution in [0.2, 0.25) is 0 Å². The molecule has 0 fully saturated rings. The molecular weight excluding hydrogens is 250 g/mol. The molecule has 7 nitrogen and oxygen atoms in total. The van der Waals surface area contributed by atoms with Gasteiger partial charge in [-0.1, -0.05) is 12.1 Å². The molecule has 0 saturated heterocycles. The highest BCUT2D eigenvalue weighted by molar-refractivity contribution is 5.93. The summed E-state index contributed by atoms with van der Waals surface area (Å²) in [6, 6.07) is 8.04. The Hall–Kier alpha value is -2.83. The molecule has 0 unspecified atom stereocenters. The quantitative estimate of drug-likeness (QED) is 0.699. The number of aromatic nitrogens is 2. The molecule has 2 aromatic rings. The van der Waals surface area contributed by atoms with E-state index in [-0.39, 0.29) is 11.4 Å². The van der Waals surface area contributed by atoms with Crippen LogP contribution in [0.3, 0.4) is 0 Å². The third kappa shape index (κ3) is 2.89. The van der Waals surface area contributed by atoms with Crippen LogP contribution in [-0.2, 0) is 9.63 Å². The van der Waals surface area contributed by atoms with Crippen LogP contribution in [0.5, 0.6) is 5.75 Å². The predicted molar refractivity (Wildman–Crippen MR) is 64.9 cm³/mol. The third-order valence-electron chi connectivity index (χ3n) is 2.29. The lowest BCUT2D eigenvalue weighted by molar-refractivity contribution is -0.146. The Labute approximate surface area is 108 Å². The summed E-state index contributed by atoms with van der Waals surface area (Å²) in [6.45, 7) is 1.17. The van der Waals surface area contributed by atoms with Crippen LogP contribution in [0.25, 0.3) is 11.3 Å². The number of phenols is 1. The van der Waals surface area contributed by atoms with E-state index in [9.17, 15) is 14.7 Å². The van der Waals surface area contributed by atoms with Gasteiger partial charge in [-0.3, -0.25) is 14.7 Å². The number of aromatic hydroxyl groups is 1. The van der Waals surface area contributed by atoms with Gasteiger partial charge in [0, 0.05) is 12.5 Å². The summed E-state index contributed by atoms with van der Waals surface area (Å²) in [7, 11) is 0. The van der Waals surface area contributed by atoms with Gasteiger partial charge in [-0.25, -0.2) is 0 Å². The van der Waals surface area contributed by atoms with Crippen LogP contribution in [0, 0.1) is 0 Å². The molecule has 1 aromatic carbocycles. The minimum Gasteiger partial charge on any atom is -0.507 e. The van der Waals surface area contributed by atoms with E-state index < -0.39 is 11.9 Å². The normalized spacial score (nSPS) is 9.95. The lowest BCUT2D eigenvalue weighted by atomic mass is 10.1. The zero-order valence-corrected chi connectivity index (χ0v) is 10.0. The Bertz CT molecular complexity index is 621. The average molecular weight is 261 g/mol. The molecule has 1 amide bonds. The van der Waals surface area contributed by atoms with Crippen molar-refractivity contribution in [2.45, 2.75) is 6.92 Å². The number of carbonyl (C=O) groups excluding carboxylic acids is 2. The highest BCUT2D eigenvalue weighted by atomic mass is 16.7. The van der Waals surface area contributed by atoms with Gasteiger partial charge in [0.25, 0.3) is 0 Å². The van der Waals surface area contributed by atoms with Crippen molar-refractivity contribution >= 4 is 11.9 Å². The molecule has 0 spiro atoms. The molecule has 7 heteroatoms. The number of nitrogens with zero attached hydrogens (tertiary/aromatic N) is 1. The summed E-state index contributed by atoms with van der Waals surface area (Å²) < 4.78 is 0. The van der Waals surface area contributed by atoms with Crippen LogP contribution in [0.15, 0.2) is 30.3 Å². The van der Waals surface area contributed by atoms with Crippen LogP contribution in [0.1, 0.15) is 17.4 Å². The number of nitrogens with one attached hydrogen (secondary N) is 2. The number of hydrogen-bond donors (Lipinski definition) is 3. The number of carbonyl (C=O) groups is 2. The number of para-hydroxylation sites is 1. The molecule has 0 radical (unpaired) electrons. The van der Waals surface area contributed by atoms with E-state index in [1.807, 2.05) is 5.48 Å². The van der Waals surface area contributed by atoms with E-state index in [0.717, 1.165) is 0 Å². The van der Waals surface area contributed by atoms with Crippen LogP contribution < -0.4 is 5.48 Å². The summed E-state index contributed by atoms with van der Waals surface area (Å²) in [5.74, 6) is -1.21. The molecule has 1 heterocycles. The second kappa shape index (κ2) is 5.21. The first-order valence-corrected chi connectivity index (χ1v) is 5.39. The van der Waals surface area contributed by atoms with Gasteiger partial charge in [0.1, 0.15) is 11.4 Å². The molecule has 0 aliphatic carbocycles. The number of phenolic OH excluding ortho intramolecular Hbond substituents is 1. The fraction of sp³-hybridized carbons (Fsp3) is 0.0833. The molecule has 1 aromatic heterocycles. The summed E-state index contributed by atoms with van der Waals surface area (Å²) in [4.78, 5) is 26.5. The molecule has 2 rings (SSSR count). The molecule has 3 N–H and O–H groups in total. The molecule has 19 heavy (non-hydrogen) atoms. The van der Waals surface area contributed by atoms with Crippen molar-refractivity contribution in [3.05, 3.63) is 36.0 Å². The minimum absolute atomic E-state index is 0.0564. The van der Waals surface area contributed by atoms with Gasteiger partial charge >= 0.3 is 11.9 Å². The monoisotopic (exact) mass is 261 g/mol. The van der Waals surface area contributed by atoms with Crippen molar-refractivity contribution in [1.29, 1.82) is 0 Å². The van der Waals surface area contributed by atoms with Crippen LogP contribution in [0.4, 0.5) is 0 Å². The van der Waals surface area contributed by atoms with Crippen LogP contribution in [-0.4, -0.2) is 27.2 Å². The zero-order chi connectivity index (χ0) is 13.8. The van der Waals surface area contributed by atoms with Gasteiger partial charge < -0.3 is 9.94 Å². The summed E-state index contributed by atoms with van der Waals surface area (Å²) in [6.07, 6.45) is 0. The number of benzene rings is 1. The second-order valence-electron chi connectivity index (χ2n) is 3.71. The summed E-state index contributed by atoms with van der Waals surface area (Å²) in [5.41, 5.74) is 2.97. The first kappa shape index (κ1) is 12.6.